The Morgan fingerprint density at radius 2 is 1.74 bits per heavy atom. The van der Waals surface area contributed by atoms with Crippen LogP contribution in [-0.4, -0.2) is 44.5 Å². The van der Waals surface area contributed by atoms with Gasteiger partial charge in [0.25, 0.3) is 0 Å². The van der Waals surface area contributed by atoms with E-state index in [9.17, 15) is 22.4 Å². The molecule has 180 valence electrons. The van der Waals surface area contributed by atoms with E-state index in [0.29, 0.717) is 29.9 Å². The molecule has 0 aromatic heterocycles. The largest absolute Gasteiger partial charge is 0.381 e. The first-order valence-corrected chi connectivity index (χ1v) is 13.3. The quantitative estimate of drug-likeness (QED) is 0.709. The third-order valence-electron chi connectivity index (χ3n) is 7.32. The number of amides is 1. The van der Waals surface area contributed by atoms with Crippen LogP contribution in [0.5, 0.6) is 0 Å². The van der Waals surface area contributed by atoms with Gasteiger partial charge in [0.15, 0.2) is 5.78 Å². The maximum atomic E-state index is 14.9. The number of nitrogens with zero attached hydrogens (tertiary/aromatic N) is 2. The molecule has 9 heteroatoms. The fraction of sp³-hybridized carbons (Fsp3) is 0.440. The maximum absolute atomic E-state index is 14.9. The fourth-order valence-corrected chi connectivity index (χ4v) is 6.86. The summed E-state index contributed by atoms with van der Waals surface area (Å²) in [6.45, 7) is 3.87. The Balaban J connectivity index is 1.48. The van der Waals surface area contributed by atoms with Gasteiger partial charge >= 0.3 is 0 Å². The first-order valence-electron chi connectivity index (χ1n) is 11.7. The number of Topliss-reactive ketones (excluding diaryl/α,β-unsaturated/α-hetero) is 1. The van der Waals surface area contributed by atoms with Crippen LogP contribution in [0.3, 0.4) is 0 Å². The van der Waals surface area contributed by atoms with E-state index in [1.54, 1.807) is 23.1 Å². The van der Waals surface area contributed by atoms with Crippen molar-refractivity contribution in [1.29, 1.82) is 0 Å². The average molecular weight is 486 g/mol. The summed E-state index contributed by atoms with van der Waals surface area (Å²) >= 11 is 0. The number of benzene rings is 2. The summed E-state index contributed by atoms with van der Waals surface area (Å²) in [6.07, 6.45) is 3.26. The minimum Gasteiger partial charge on any atom is -0.381 e. The number of hydrogen-bond acceptors (Lipinski definition) is 5. The van der Waals surface area contributed by atoms with Gasteiger partial charge in [0.05, 0.1) is 22.8 Å². The Kier molecular flexibility index (Phi) is 5.42. The van der Waals surface area contributed by atoms with E-state index in [2.05, 4.69) is 5.32 Å². The molecule has 1 saturated carbocycles. The van der Waals surface area contributed by atoms with Crippen molar-refractivity contribution in [3.05, 3.63) is 42.2 Å². The van der Waals surface area contributed by atoms with E-state index in [1.807, 2.05) is 13.0 Å². The molecule has 0 spiro atoms. The lowest BCUT2D eigenvalue weighted by atomic mass is 9.73. The second kappa shape index (κ2) is 8.08. The van der Waals surface area contributed by atoms with Crippen molar-refractivity contribution in [2.45, 2.75) is 45.1 Å². The lowest BCUT2D eigenvalue weighted by Crippen LogP contribution is -2.63. The highest BCUT2D eigenvalue weighted by atomic mass is 32.2. The molecule has 0 bridgehead atoms. The number of anilines is 3. The van der Waals surface area contributed by atoms with Crippen molar-refractivity contribution >= 4 is 38.8 Å². The summed E-state index contributed by atoms with van der Waals surface area (Å²) in [5, 5.41) is 3.32. The lowest BCUT2D eigenvalue weighted by Gasteiger charge is -2.47. The molecular weight excluding hydrogens is 457 g/mol. The van der Waals surface area contributed by atoms with Crippen LogP contribution in [0.15, 0.2) is 36.4 Å². The number of halogens is 1. The highest BCUT2D eigenvalue weighted by Crippen LogP contribution is 2.42. The molecule has 2 aliphatic heterocycles. The third kappa shape index (κ3) is 3.57. The smallest absolute Gasteiger partial charge is 0.235 e. The Bertz CT molecular complexity index is 1290. The molecule has 3 aliphatic rings. The third-order valence-corrected chi connectivity index (χ3v) is 9.18. The van der Waals surface area contributed by atoms with Gasteiger partial charge in [-0.2, -0.15) is 0 Å². The summed E-state index contributed by atoms with van der Waals surface area (Å²) in [6, 6.07) is 9.93. The molecule has 2 aromatic carbocycles. The van der Waals surface area contributed by atoms with E-state index in [-0.39, 0.29) is 35.6 Å². The minimum atomic E-state index is -3.47. The van der Waals surface area contributed by atoms with Crippen LogP contribution in [0.2, 0.25) is 0 Å². The molecule has 34 heavy (non-hydrogen) atoms. The zero-order valence-electron chi connectivity index (χ0n) is 19.3. The van der Waals surface area contributed by atoms with Crippen LogP contribution >= 0.6 is 0 Å². The van der Waals surface area contributed by atoms with Crippen LogP contribution in [-0.2, 0) is 19.6 Å². The fourth-order valence-electron chi connectivity index (χ4n) is 5.29. The predicted octanol–water partition coefficient (Wildman–Crippen LogP) is 3.94. The van der Waals surface area contributed by atoms with Crippen LogP contribution in [0.4, 0.5) is 21.5 Å². The molecule has 0 unspecified atom stereocenters. The first-order chi connectivity index (χ1) is 16.1. The summed E-state index contributed by atoms with van der Waals surface area (Å²) < 4.78 is 40.4. The van der Waals surface area contributed by atoms with Gasteiger partial charge in [-0.05, 0) is 61.6 Å². The van der Waals surface area contributed by atoms with Crippen LogP contribution in [0.25, 0.3) is 11.1 Å². The Labute approximate surface area is 199 Å². The first kappa shape index (κ1) is 22.8. The van der Waals surface area contributed by atoms with Crippen LogP contribution in [0, 0.1) is 11.7 Å². The van der Waals surface area contributed by atoms with Gasteiger partial charge in [0.2, 0.25) is 15.9 Å². The van der Waals surface area contributed by atoms with Gasteiger partial charge in [-0.25, -0.2) is 12.8 Å². The number of fused-ring (bicyclic) bond motifs is 1. The van der Waals surface area contributed by atoms with E-state index in [0.717, 1.165) is 29.1 Å². The van der Waals surface area contributed by atoms with Crippen molar-refractivity contribution < 1.29 is 22.4 Å². The minimum absolute atomic E-state index is 0.00427. The molecule has 1 atom stereocenters. The van der Waals surface area contributed by atoms with E-state index < -0.39 is 21.4 Å². The number of carbonyl (C=O) groups is 2. The molecule has 7 nitrogen and oxygen atoms in total. The number of hydrogen-bond donors (Lipinski definition) is 1. The summed E-state index contributed by atoms with van der Waals surface area (Å²) in [4.78, 5) is 27.5. The SMILES string of the molecule is CC(=O)N1c2ccc(-c3ccc(N4CCCS4(=O)=O)c(F)c3)cc2NC[C@@]1(C)C(=O)C1CCC1. The monoisotopic (exact) mass is 485 g/mol. The van der Waals surface area contributed by atoms with Gasteiger partial charge in [-0.15, -0.1) is 0 Å². The Morgan fingerprint density at radius 1 is 1.06 bits per heavy atom. The molecule has 5 rings (SSSR count). The van der Waals surface area contributed by atoms with Gasteiger partial charge in [0.1, 0.15) is 11.4 Å². The number of ketones is 1. The maximum Gasteiger partial charge on any atom is 0.235 e. The van der Waals surface area contributed by atoms with Crippen molar-refractivity contribution in [3.63, 3.8) is 0 Å². The molecule has 1 aliphatic carbocycles. The van der Waals surface area contributed by atoms with Crippen molar-refractivity contribution in [2.24, 2.45) is 5.92 Å². The van der Waals surface area contributed by atoms with Crippen molar-refractivity contribution in [2.75, 3.05) is 33.4 Å². The zero-order chi connectivity index (χ0) is 24.3. The topological polar surface area (TPSA) is 86.8 Å². The number of sulfonamides is 1. The van der Waals surface area contributed by atoms with Gasteiger partial charge in [0, 0.05) is 25.9 Å². The predicted molar refractivity (Wildman–Crippen MR) is 130 cm³/mol. The summed E-state index contributed by atoms with van der Waals surface area (Å²) in [5.74, 6) is -0.689. The standard InChI is InChI=1S/C25H28FN3O4S/c1-16(30)29-23-10-8-19(14-21(23)27-15-25(29,2)24(31)17-5-3-6-17)18-7-9-22(20(26)13-18)28-11-4-12-34(28,32)33/h7-10,13-14,17,27H,3-6,11-12,15H2,1-2H3/t25-/m0/s1. The number of rotatable bonds is 4. The van der Waals surface area contributed by atoms with E-state index in [4.69, 9.17) is 0 Å². The van der Waals surface area contributed by atoms with Crippen LogP contribution in [0.1, 0.15) is 39.5 Å². The Hall–Kier alpha value is -2.94. The molecule has 2 heterocycles. The van der Waals surface area contributed by atoms with E-state index >= 15 is 0 Å². The van der Waals surface area contributed by atoms with Gasteiger partial charge < -0.3 is 5.32 Å². The average Bonchev–Trinajstić information content (AvgIpc) is 3.10. The van der Waals surface area contributed by atoms with Crippen molar-refractivity contribution in [3.8, 4) is 11.1 Å². The van der Waals surface area contributed by atoms with Gasteiger partial charge in [-0.3, -0.25) is 18.8 Å². The molecule has 1 amide bonds. The molecule has 2 aromatic rings. The molecule has 1 saturated heterocycles. The molecule has 2 fully saturated rings. The number of carbonyl (C=O) groups excluding carboxylic acids is 2. The second-order valence-corrected chi connectivity index (χ2v) is 11.6. The zero-order valence-corrected chi connectivity index (χ0v) is 20.1. The number of nitrogens with one attached hydrogen (secondary N) is 1. The molecule has 1 N–H and O–H groups in total. The highest BCUT2D eigenvalue weighted by Gasteiger charge is 2.48. The van der Waals surface area contributed by atoms with Crippen LogP contribution < -0.4 is 14.5 Å². The molecule has 0 radical (unpaired) electrons. The Morgan fingerprint density at radius 3 is 2.29 bits per heavy atom. The lowest BCUT2D eigenvalue weighted by molar-refractivity contribution is -0.132. The summed E-state index contributed by atoms with van der Waals surface area (Å²) in [7, 11) is -3.47. The molecular formula is C25H28FN3O4S. The highest BCUT2D eigenvalue weighted by molar-refractivity contribution is 7.93. The summed E-state index contributed by atoms with van der Waals surface area (Å²) in [5.41, 5.74) is 1.73. The normalized spacial score (nSPS) is 23.7. The second-order valence-electron chi connectivity index (χ2n) is 9.61. The van der Waals surface area contributed by atoms with Crippen molar-refractivity contribution in [1.82, 2.24) is 0 Å². The van der Waals surface area contributed by atoms with Gasteiger partial charge in [-0.1, -0.05) is 18.6 Å². The van der Waals surface area contributed by atoms with E-state index in [1.165, 1.54) is 19.1 Å².